The van der Waals surface area contributed by atoms with Gasteiger partial charge in [0.2, 0.25) is 6.79 Å². The molecule has 4 rings (SSSR count). The minimum absolute atomic E-state index is 0.111. The Hall–Kier alpha value is -2.20. The number of nitrogens with one attached hydrogen (secondary N) is 1. The number of benzene rings is 2. The van der Waals surface area contributed by atoms with Crippen LogP contribution in [0, 0.1) is 0 Å². The molecule has 1 unspecified atom stereocenters. The molecule has 24 heavy (non-hydrogen) atoms. The Morgan fingerprint density at radius 1 is 1.08 bits per heavy atom. The molecular weight excluding hydrogens is 302 g/mol. The maximum absolute atomic E-state index is 5.70. The van der Waals surface area contributed by atoms with Crippen LogP contribution in [0.1, 0.15) is 48.1 Å². The molecule has 0 saturated heterocycles. The highest BCUT2D eigenvalue weighted by Gasteiger charge is 2.27. The van der Waals surface area contributed by atoms with Crippen LogP contribution in [0.25, 0.3) is 0 Å². The second-order valence-corrected chi connectivity index (χ2v) is 6.70. The molecule has 0 radical (unpaired) electrons. The molecule has 0 spiro atoms. The maximum Gasteiger partial charge on any atom is 0.231 e. The van der Waals surface area contributed by atoms with Crippen molar-refractivity contribution in [2.45, 2.75) is 32.2 Å². The largest absolute Gasteiger partial charge is 0.496 e. The van der Waals surface area contributed by atoms with Gasteiger partial charge in [-0.3, -0.25) is 0 Å². The number of ether oxygens (including phenoxy) is 3. The van der Waals surface area contributed by atoms with Crippen molar-refractivity contribution in [2.75, 3.05) is 20.4 Å². The molecule has 0 saturated carbocycles. The number of fused-ring (bicyclic) bond motifs is 2. The molecule has 0 fully saturated rings. The van der Waals surface area contributed by atoms with E-state index in [-0.39, 0.29) is 6.04 Å². The molecule has 4 nitrogen and oxygen atoms in total. The Labute approximate surface area is 142 Å². The summed E-state index contributed by atoms with van der Waals surface area (Å²) in [5.41, 5.74) is 5.03. The Bertz CT molecular complexity index is 770. The van der Waals surface area contributed by atoms with Crippen molar-refractivity contribution in [3.63, 3.8) is 0 Å². The van der Waals surface area contributed by atoms with Gasteiger partial charge in [-0.2, -0.15) is 0 Å². The van der Waals surface area contributed by atoms with Gasteiger partial charge >= 0.3 is 0 Å². The normalized spacial score (nSPS) is 18.6. The number of methoxy groups -OCH3 is 1. The lowest BCUT2D eigenvalue weighted by atomic mass is 9.88. The lowest BCUT2D eigenvalue weighted by Crippen LogP contribution is -2.30. The average molecular weight is 325 g/mol. The minimum Gasteiger partial charge on any atom is -0.496 e. The Kier molecular flexibility index (Phi) is 3.85. The zero-order valence-electron chi connectivity index (χ0n) is 14.4. The van der Waals surface area contributed by atoms with Gasteiger partial charge in [-0.05, 0) is 47.2 Å². The zero-order chi connectivity index (χ0) is 16.7. The van der Waals surface area contributed by atoms with Gasteiger partial charge in [0, 0.05) is 12.1 Å². The highest BCUT2D eigenvalue weighted by molar-refractivity contribution is 5.54. The zero-order valence-corrected chi connectivity index (χ0v) is 14.4. The second-order valence-electron chi connectivity index (χ2n) is 6.70. The monoisotopic (exact) mass is 325 g/mol. The van der Waals surface area contributed by atoms with Gasteiger partial charge in [-0.25, -0.2) is 0 Å². The Morgan fingerprint density at radius 3 is 2.62 bits per heavy atom. The molecule has 0 bridgehead atoms. The molecule has 126 valence electrons. The summed E-state index contributed by atoms with van der Waals surface area (Å²) in [4.78, 5) is 0. The molecule has 2 heterocycles. The standard InChI is InChI=1S/C20H23NO3/c1-12(2)13-4-5-15(17(8-13)22-3)20-16-10-19-18(23-11-24-19)9-14(16)6-7-21-20/h4-5,8-10,12,20-21H,6-7,11H2,1-3H3. The van der Waals surface area contributed by atoms with Gasteiger partial charge < -0.3 is 19.5 Å². The van der Waals surface area contributed by atoms with Crippen molar-refractivity contribution in [2.24, 2.45) is 0 Å². The van der Waals surface area contributed by atoms with E-state index in [1.54, 1.807) is 7.11 Å². The first-order valence-corrected chi connectivity index (χ1v) is 8.51. The van der Waals surface area contributed by atoms with Crippen LogP contribution in [0.4, 0.5) is 0 Å². The van der Waals surface area contributed by atoms with Crippen LogP contribution in [-0.4, -0.2) is 20.4 Å². The van der Waals surface area contributed by atoms with E-state index in [4.69, 9.17) is 14.2 Å². The topological polar surface area (TPSA) is 39.7 Å². The third kappa shape index (κ3) is 2.51. The van der Waals surface area contributed by atoms with Gasteiger partial charge in [0.25, 0.3) is 0 Å². The summed E-state index contributed by atoms with van der Waals surface area (Å²) in [7, 11) is 1.74. The van der Waals surface area contributed by atoms with Gasteiger partial charge in [-0.1, -0.05) is 26.0 Å². The molecular formula is C20H23NO3. The van der Waals surface area contributed by atoms with Crippen LogP contribution >= 0.6 is 0 Å². The lowest BCUT2D eigenvalue weighted by molar-refractivity contribution is 0.174. The fourth-order valence-electron chi connectivity index (χ4n) is 3.55. The van der Waals surface area contributed by atoms with E-state index in [9.17, 15) is 0 Å². The summed E-state index contributed by atoms with van der Waals surface area (Å²) in [6.07, 6.45) is 0.995. The Morgan fingerprint density at radius 2 is 1.88 bits per heavy atom. The SMILES string of the molecule is COc1cc(C(C)C)ccc1C1NCCc2cc3c(cc21)OCO3. The molecule has 2 aromatic rings. The number of hydrogen-bond donors (Lipinski definition) is 1. The van der Waals surface area contributed by atoms with Gasteiger partial charge in [0.1, 0.15) is 5.75 Å². The summed E-state index contributed by atoms with van der Waals surface area (Å²) in [5.74, 6) is 3.11. The number of rotatable bonds is 3. The molecule has 0 aliphatic carbocycles. The van der Waals surface area contributed by atoms with Crippen LogP contribution < -0.4 is 19.5 Å². The van der Waals surface area contributed by atoms with Crippen LogP contribution in [0.2, 0.25) is 0 Å². The van der Waals surface area contributed by atoms with E-state index in [0.29, 0.717) is 12.7 Å². The fraction of sp³-hybridized carbons (Fsp3) is 0.400. The van der Waals surface area contributed by atoms with Gasteiger partial charge in [0.15, 0.2) is 11.5 Å². The highest BCUT2D eigenvalue weighted by Crippen LogP contribution is 2.42. The summed E-state index contributed by atoms with van der Waals surface area (Å²) in [6, 6.07) is 10.9. The van der Waals surface area contributed by atoms with E-state index >= 15 is 0 Å². The van der Waals surface area contributed by atoms with Gasteiger partial charge in [0.05, 0.1) is 13.2 Å². The fourth-order valence-corrected chi connectivity index (χ4v) is 3.55. The Balaban J connectivity index is 1.79. The van der Waals surface area contributed by atoms with Crippen molar-refractivity contribution < 1.29 is 14.2 Å². The van der Waals surface area contributed by atoms with E-state index in [1.807, 2.05) is 0 Å². The van der Waals surface area contributed by atoms with E-state index < -0.39 is 0 Å². The predicted octanol–water partition coefficient (Wildman–Crippen LogP) is 3.78. The molecule has 2 aliphatic heterocycles. The van der Waals surface area contributed by atoms with E-state index in [0.717, 1.165) is 30.2 Å². The summed E-state index contributed by atoms with van der Waals surface area (Å²) < 4.78 is 16.8. The van der Waals surface area contributed by atoms with Crippen molar-refractivity contribution >= 4 is 0 Å². The van der Waals surface area contributed by atoms with Crippen LogP contribution in [0.3, 0.4) is 0 Å². The first kappa shape index (κ1) is 15.3. The summed E-state index contributed by atoms with van der Waals surface area (Å²) >= 11 is 0. The highest BCUT2D eigenvalue weighted by atomic mass is 16.7. The summed E-state index contributed by atoms with van der Waals surface area (Å²) in [6.45, 7) is 5.64. The third-order valence-electron chi connectivity index (χ3n) is 4.92. The van der Waals surface area contributed by atoms with Crippen LogP contribution in [-0.2, 0) is 6.42 Å². The molecule has 0 aromatic heterocycles. The molecule has 0 amide bonds. The summed E-state index contributed by atoms with van der Waals surface area (Å²) in [5, 5.41) is 3.63. The van der Waals surface area contributed by atoms with Crippen molar-refractivity contribution in [3.8, 4) is 17.2 Å². The maximum atomic E-state index is 5.70. The molecule has 2 aliphatic rings. The van der Waals surface area contributed by atoms with E-state index in [1.165, 1.54) is 22.3 Å². The lowest BCUT2D eigenvalue weighted by Gasteiger charge is -2.29. The molecule has 1 atom stereocenters. The van der Waals surface area contributed by atoms with E-state index in [2.05, 4.69) is 49.5 Å². The van der Waals surface area contributed by atoms with Crippen molar-refractivity contribution in [1.29, 1.82) is 0 Å². The van der Waals surface area contributed by atoms with Gasteiger partial charge in [-0.15, -0.1) is 0 Å². The first-order valence-electron chi connectivity index (χ1n) is 8.51. The van der Waals surface area contributed by atoms with Crippen LogP contribution in [0.15, 0.2) is 30.3 Å². The van der Waals surface area contributed by atoms with Crippen molar-refractivity contribution in [1.82, 2.24) is 5.32 Å². The quantitative estimate of drug-likeness (QED) is 0.932. The first-order chi connectivity index (χ1) is 11.7. The second kappa shape index (κ2) is 6.02. The average Bonchev–Trinajstić information content (AvgIpc) is 3.06. The molecule has 4 heteroatoms. The minimum atomic E-state index is 0.111. The molecule has 1 N–H and O–H groups in total. The smallest absolute Gasteiger partial charge is 0.231 e. The van der Waals surface area contributed by atoms with Crippen LogP contribution in [0.5, 0.6) is 17.2 Å². The molecule has 2 aromatic carbocycles. The van der Waals surface area contributed by atoms with Crippen molar-refractivity contribution in [3.05, 3.63) is 52.6 Å². The third-order valence-corrected chi connectivity index (χ3v) is 4.92. The number of hydrogen-bond acceptors (Lipinski definition) is 4. The predicted molar refractivity (Wildman–Crippen MR) is 93.2 cm³/mol.